The average Bonchev–Trinajstić information content (AvgIpc) is 3.29. The molecule has 2 heterocycles. The van der Waals surface area contributed by atoms with Gasteiger partial charge in [0.05, 0.1) is 13.2 Å². The summed E-state index contributed by atoms with van der Waals surface area (Å²) in [6.45, 7) is 5.49. The van der Waals surface area contributed by atoms with Crippen LogP contribution in [0.1, 0.15) is 48.3 Å². The zero-order valence-corrected chi connectivity index (χ0v) is 19.0. The number of carbonyl (C=O) groups is 1. The molecule has 1 amide bonds. The molecule has 1 saturated carbocycles. The predicted molar refractivity (Wildman–Crippen MR) is 125 cm³/mol. The van der Waals surface area contributed by atoms with Gasteiger partial charge >= 0.3 is 0 Å². The van der Waals surface area contributed by atoms with Gasteiger partial charge < -0.3 is 15.4 Å². The number of nitrogens with one attached hydrogen (secondary N) is 2. The number of rotatable bonds is 4. The third kappa shape index (κ3) is 4.75. The lowest BCUT2D eigenvalue weighted by molar-refractivity contribution is -0.116. The normalized spacial score (nSPS) is 25.4. The lowest BCUT2D eigenvalue weighted by atomic mass is 9.81. The summed E-state index contributed by atoms with van der Waals surface area (Å²) in [5.41, 5.74) is 3.53. The van der Waals surface area contributed by atoms with Crippen LogP contribution >= 0.6 is 0 Å². The molecule has 1 atom stereocenters. The van der Waals surface area contributed by atoms with Crippen LogP contribution in [0.3, 0.4) is 0 Å². The first-order valence-corrected chi connectivity index (χ1v) is 12.0. The molecule has 1 aliphatic carbocycles. The minimum atomic E-state index is -0.578. The number of anilines is 2. The van der Waals surface area contributed by atoms with Crippen LogP contribution < -0.4 is 10.6 Å². The number of fused-ring (bicyclic) bond motifs is 1. The molecule has 1 saturated heterocycles. The van der Waals surface area contributed by atoms with Crippen LogP contribution in [-0.4, -0.2) is 49.2 Å². The van der Waals surface area contributed by atoms with Gasteiger partial charge in [-0.2, -0.15) is 0 Å². The molecule has 0 bridgehead atoms. The molecule has 0 aromatic heterocycles. The maximum atomic E-state index is 14.5. The molecular weight excluding hydrogens is 424 g/mol. The van der Waals surface area contributed by atoms with Crippen molar-refractivity contribution >= 4 is 17.3 Å². The average molecular weight is 456 g/mol. The van der Waals surface area contributed by atoms with Crippen LogP contribution in [0.25, 0.3) is 0 Å². The number of carbonyl (C=O) groups excluding carboxylic acids is 1. The number of hydrogen-bond acceptors (Lipinski definition) is 4. The number of nitrogens with zero attached hydrogens (tertiary/aromatic N) is 1. The molecule has 2 aromatic carbocycles. The van der Waals surface area contributed by atoms with Crippen molar-refractivity contribution < 1.29 is 18.3 Å². The molecule has 1 unspecified atom stereocenters. The van der Waals surface area contributed by atoms with Crippen LogP contribution in [0, 0.1) is 18.6 Å². The highest BCUT2D eigenvalue weighted by molar-refractivity contribution is 5.98. The molecule has 3 aliphatic rings. The fourth-order valence-electron chi connectivity index (χ4n) is 5.59. The van der Waals surface area contributed by atoms with Crippen molar-refractivity contribution in [1.29, 1.82) is 0 Å². The van der Waals surface area contributed by atoms with Crippen molar-refractivity contribution in [3.8, 4) is 0 Å². The van der Waals surface area contributed by atoms with E-state index in [-0.39, 0.29) is 24.0 Å². The fraction of sp³-hybridized carbons (Fsp3) is 0.500. The number of hydrogen-bond donors (Lipinski definition) is 2. The number of morpholine rings is 1. The minimum Gasteiger partial charge on any atom is -0.379 e. The molecule has 0 radical (unpaired) electrons. The van der Waals surface area contributed by atoms with E-state index in [0.717, 1.165) is 63.1 Å². The van der Waals surface area contributed by atoms with Gasteiger partial charge in [0.25, 0.3) is 0 Å². The van der Waals surface area contributed by atoms with Gasteiger partial charge in [-0.1, -0.05) is 6.07 Å². The standard InChI is InChI=1S/C26H31F2N3O2/c1-16-2-7-23(28)22-15-24(30-25(16)22)26(32)29-20-13-18(12-19(27)14-20)17-3-5-21(6-4-17)31-8-10-33-11-9-31/h2,7,12-14,17,21,24,30H,3-6,8-11,15H2,1H3,(H,29,32)/t17-,21-,24?. The Labute approximate surface area is 193 Å². The molecule has 2 aliphatic heterocycles. The van der Waals surface area contributed by atoms with Gasteiger partial charge in [-0.15, -0.1) is 0 Å². The molecule has 2 N–H and O–H groups in total. The van der Waals surface area contributed by atoms with Crippen LogP contribution in [0.5, 0.6) is 0 Å². The first kappa shape index (κ1) is 22.3. The van der Waals surface area contributed by atoms with E-state index in [1.807, 2.05) is 13.0 Å². The van der Waals surface area contributed by atoms with Crippen LogP contribution in [0.15, 0.2) is 30.3 Å². The molecular formula is C26H31F2N3O2. The summed E-state index contributed by atoms with van der Waals surface area (Å²) >= 11 is 0. The molecule has 176 valence electrons. The Morgan fingerprint density at radius 1 is 1.09 bits per heavy atom. The maximum absolute atomic E-state index is 14.5. The zero-order valence-electron chi connectivity index (χ0n) is 19.0. The van der Waals surface area contributed by atoms with Crippen molar-refractivity contribution in [3.05, 3.63) is 58.7 Å². The third-order valence-corrected chi connectivity index (χ3v) is 7.43. The third-order valence-electron chi connectivity index (χ3n) is 7.43. The highest BCUT2D eigenvalue weighted by atomic mass is 19.1. The Balaban J connectivity index is 1.23. The van der Waals surface area contributed by atoms with E-state index in [1.54, 1.807) is 12.1 Å². The van der Waals surface area contributed by atoms with Gasteiger partial charge in [-0.25, -0.2) is 8.78 Å². The van der Waals surface area contributed by atoms with Crippen LogP contribution in [0.2, 0.25) is 0 Å². The highest BCUT2D eigenvalue weighted by Crippen LogP contribution is 2.37. The topological polar surface area (TPSA) is 53.6 Å². The molecule has 0 spiro atoms. The Hall–Kier alpha value is -2.51. The number of benzene rings is 2. The molecule has 33 heavy (non-hydrogen) atoms. The van der Waals surface area contributed by atoms with Crippen molar-refractivity contribution in [2.24, 2.45) is 0 Å². The Kier molecular flexibility index (Phi) is 6.34. The van der Waals surface area contributed by atoms with E-state index in [2.05, 4.69) is 15.5 Å². The number of ether oxygens (including phenoxy) is 1. The van der Waals surface area contributed by atoms with Crippen molar-refractivity contribution in [3.63, 3.8) is 0 Å². The SMILES string of the molecule is Cc1ccc(F)c2c1NC(C(=O)Nc1cc(F)cc([C@H]3CC[C@H](N4CCOCC4)CC3)c1)C2. The summed E-state index contributed by atoms with van der Waals surface area (Å²) in [7, 11) is 0. The molecule has 2 aromatic rings. The lowest BCUT2D eigenvalue weighted by Gasteiger charge is -2.39. The summed E-state index contributed by atoms with van der Waals surface area (Å²) in [5, 5.41) is 5.99. The molecule has 5 nitrogen and oxygen atoms in total. The first-order valence-electron chi connectivity index (χ1n) is 12.0. The summed E-state index contributed by atoms with van der Waals surface area (Å²) in [6, 6.07) is 7.99. The Morgan fingerprint density at radius 3 is 2.58 bits per heavy atom. The van der Waals surface area contributed by atoms with Crippen molar-refractivity contribution in [2.45, 2.75) is 57.0 Å². The monoisotopic (exact) mass is 455 g/mol. The Bertz CT molecular complexity index is 999. The highest BCUT2D eigenvalue weighted by Gasteiger charge is 2.31. The van der Waals surface area contributed by atoms with E-state index in [9.17, 15) is 13.6 Å². The smallest absolute Gasteiger partial charge is 0.247 e. The second kappa shape index (κ2) is 9.39. The second-order valence-electron chi connectivity index (χ2n) is 9.54. The summed E-state index contributed by atoms with van der Waals surface area (Å²) < 4.78 is 34.1. The summed E-state index contributed by atoms with van der Waals surface area (Å²) in [4.78, 5) is 15.4. The van der Waals surface area contributed by atoms with Crippen molar-refractivity contribution in [1.82, 2.24) is 4.90 Å². The van der Waals surface area contributed by atoms with Crippen LogP contribution in [-0.2, 0) is 16.0 Å². The van der Waals surface area contributed by atoms with Crippen LogP contribution in [0.4, 0.5) is 20.2 Å². The van der Waals surface area contributed by atoms with Gasteiger partial charge in [0.2, 0.25) is 5.91 Å². The molecule has 7 heteroatoms. The van der Waals surface area contributed by atoms with E-state index < -0.39 is 6.04 Å². The van der Waals surface area contributed by atoms with E-state index in [1.165, 1.54) is 12.1 Å². The first-order chi connectivity index (χ1) is 16.0. The Morgan fingerprint density at radius 2 is 1.85 bits per heavy atom. The molecule has 2 fully saturated rings. The number of aryl methyl sites for hydroxylation is 1. The van der Waals surface area contributed by atoms with Gasteiger partial charge in [-0.05, 0) is 73.9 Å². The van der Waals surface area contributed by atoms with E-state index in [0.29, 0.717) is 28.9 Å². The predicted octanol–water partition coefficient (Wildman–Crippen LogP) is 4.61. The van der Waals surface area contributed by atoms with Gasteiger partial charge in [-0.3, -0.25) is 9.69 Å². The van der Waals surface area contributed by atoms with Gasteiger partial charge in [0.1, 0.15) is 17.7 Å². The fourth-order valence-corrected chi connectivity index (χ4v) is 5.59. The van der Waals surface area contributed by atoms with E-state index in [4.69, 9.17) is 4.74 Å². The minimum absolute atomic E-state index is 0.280. The van der Waals surface area contributed by atoms with Crippen molar-refractivity contribution in [2.75, 3.05) is 36.9 Å². The zero-order chi connectivity index (χ0) is 22.9. The largest absolute Gasteiger partial charge is 0.379 e. The lowest BCUT2D eigenvalue weighted by Crippen LogP contribution is -2.44. The van der Waals surface area contributed by atoms with Gasteiger partial charge in [0.15, 0.2) is 0 Å². The summed E-state index contributed by atoms with van der Waals surface area (Å²) in [5.74, 6) is -0.640. The maximum Gasteiger partial charge on any atom is 0.247 e. The summed E-state index contributed by atoms with van der Waals surface area (Å²) in [6.07, 6.45) is 4.49. The number of amides is 1. The van der Waals surface area contributed by atoms with Gasteiger partial charge in [0, 0.05) is 42.5 Å². The number of halogens is 2. The van der Waals surface area contributed by atoms with E-state index >= 15 is 0 Å². The quantitative estimate of drug-likeness (QED) is 0.707. The molecule has 5 rings (SSSR count). The second-order valence-corrected chi connectivity index (χ2v) is 9.54.